The number of fused-ring (bicyclic) bond motifs is 1. The maximum atomic E-state index is 13.2. The number of aliphatic hydroxyl groups is 1. The molecule has 1 N–H and O–H groups in total. The third kappa shape index (κ3) is 4.10. The molecule has 0 saturated heterocycles. The van der Waals surface area contributed by atoms with Crippen LogP contribution < -0.4 is 4.74 Å². The Kier molecular flexibility index (Phi) is 5.62. The lowest BCUT2D eigenvalue weighted by molar-refractivity contribution is 0.00636. The summed E-state index contributed by atoms with van der Waals surface area (Å²) in [6.07, 6.45) is 4.69. The van der Waals surface area contributed by atoms with Crippen molar-refractivity contribution in [1.82, 2.24) is 15.1 Å². The zero-order chi connectivity index (χ0) is 22.1. The third-order valence-electron chi connectivity index (χ3n) is 6.36. The van der Waals surface area contributed by atoms with Crippen molar-refractivity contribution in [3.8, 4) is 16.9 Å². The van der Waals surface area contributed by atoms with Crippen LogP contribution in [0.5, 0.6) is 5.75 Å². The van der Waals surface area contributed by atoms with Crippen LogP contribution in [0, 0.1) is 6.92 Å². The fourth-order valence-electron chi connectivity index (χ4n) is 4.64. The number of aliphatic hydroxyl groups excluding tert-OH is 1. The molecule has 1 fully saturated rings. The van der Waals surface area contributed by atoms with Gasteiger partial charge in [0.15, 0.2) is 0 Å². The van der Waals surface area contributed by atoms with Crippen molar-refractivity contribution in [2.24, 2.45) is 0 Å². The molecule has 164 valence electrons. The predicted octanol–water partition coefficient (Wildman–Crippen LogP) is 4.29. The van der Waals surface area contributed by atoms with E-state index in [2.05, 4.69) is 34.5 Å². The number of ether oxygens (including phenoxy) is 1. The van der Waals surface area contributed by atoms with Crippen LogP contribution in [0.3, 0.4) is 0 Å². The molecule has 1 aliphatic carbocycles. The van der Waals surface area contributed by atoms with E-state index in [4.69, 9.17) is 4.74 Å². The summed E-state index contributed by atoms with van der Waals surface area (Å²) >= 11 is 0. The second-order valence-corrected chi connectivity index (χ2v) is 8.74. The monoisotopic (exact) mass is 429 g/mol. The Labute approximate surface area is 187 Å². The molecule has 2 heterocycles. The van der Waals surface area contributed by atoms with Crippen LogP contribution in [0.25, 0.3) is 11.1 Å². The predicted molar refractivity (Wildman–Crippen MR) is 121 cm³/mol. The fraction of sp³-hybridized carbons (Fsp3) is 0.346. The summed E-state index contributed by atoms with van der Waals surface area (Å²) < 4.78 is 6.15. The molecule has 1 aromatic heterocycles. The van der Waals surface area contributed by atoms with E-state index in [0.717, 1.165) is 53.6 Å². The van der Waals surface area contributed by atoms with Crippen LogP contribution in [0.4, 0.5) is 0 Å². The maximum Gasteiger partial charge on any atom is 0.258 e. The van der Waals surface area contributed by atoms with Crippen molar-refractivity contribution in [1.29, 1.82) is 0 Å². The molecule has 2 aliphatic rings. The van der Waals surface area contributed by atoms with Gasteiger partial charge < -0.3 is 14.7 Å². The maximum absolute atomic E-state index is 13.2. The van der Waals surface area contributed by atoms with Gasteiger partial charge in [0.1, 0.15) is 11.9 Å². The Balaban J connectivity index is 1.31. The van der Waals surface area contributed by atoms with Gasteiger partial charge in [-0.25, -0.2) is 0 Å². The topological polar surface area (TPSA) is 75.6 Å². The van der Waals surface area contributed by atoms with Gasteiger partial charge in [0.2, 0.25) is 0 Å². The van der Waals surface area contributed by atoms with Gasteiger partial charge in [-0.3, -0.25) is 4.79 Å². The normalized spacial score (nSPS) is 20.3. The Morgan fingerprint density at radius 3 is 2.69 bits per heavy atom. The summed E-state index contributed by atoms with van der Waals surface area (Å²) in [5.74, 6) is 0.579. The SMILES string of the molecule is Cc1cc(-c2ccc(CN3Cc4cccc(O[C@H]5CCCC[C@@H]5O)c4C3=O)cc2)cnn1. The Morgan fingerprint density at radius 2 is 1.91 bits per heavy atom. The summed E-state index contributed by atoms with van der Waals surface area (Å²) in [5, 5.41) is 18.3. The summed E-state index contributed by atoms with van der Waals surface area (Å²) in [4.78, 5) is 15.1. The number of aryl methyl sites for hydroxylation is 1. The summed E-state index contributed by atoms with van der Waals surface area (Å²) in [6, 6.07) is 16.0. The standard InChI is InChI=1S/C26H27N3O3/c1-17-13-21(14-27-28-17)19-11-9-18(10-12-19)15-29-16-20-5-4-8-24(25(20)26(29)31)32-23-7-3-2-6-22(23)30/h4-5,8-14,22-23,30H,2-3,6-7,15-16H2,1H3/t22-,23-/m0/s1. The van der Waals surface area contributed by atoms with Gasteiger partial charge in [-0.15, -0.1) is 0 Å². The second-order valence-electron chi connectivity index (χ2n) is 8.74. The lowest BCUT2D eigenvalue weighted by atomic mass is 9.94. The first kappa shape index (κ1) is 20.6. The lowest BCUT2D eigenvalue weighted by Crippen LogP contribution is -2.35. The number of aromatic nitrogens is 2. The Bertz CT molecular complexity index is 1130. The molecule has 1 aliphatic heterocycles. The highest BCUT2D eigenvalue weighted by molar-refractivity contribution is 6.01. The first-order chi connectivity index (χ1) is 15.6. The van der Waals surface area contributed by atoms with E-state index in [1.54, 1.807) is 6.20 Å². The number of hydrogen-bond acceptors (Lipinski definition) is 5. The zero-order valence-electron chi connectivity index (χ0n) is 18.2. The molecular weight excluding hydrogens is 402 g/mol. The van der Waals surface area contributed by atoms with E-state index >= 15 is 0 Å². The second kappa shape index (κ2) is 8.71. The number of hydrogen-bond donors (Lipinski definition) is 1. The molecule has 3 aromatic rings. The highest BCUT2D eigenvalue weighted by Crippen LogP contribution is 2.34. The molecule has 1 saturated carbocycles. The van der Waals surface area contributed by atoms with Gasteiger partial charge in [-0.1, -0.05) is 42.8 Å². The number of carbonyl (C=O) groups is 1. The molecule has 2 aromatic carbocycles. The van der Waals surface area contributed by atoms with Crippen LogP contribution in [-0.4, -0.2) is 38.3 Å². The molecular formula is C26H27N3O3. The van der Waals surface area contributed by atoms with Crippen molar-refractivity contribution >= 4 is 5.91 Å². The van der Waals surface area contributed by atoms with Gasteiger partial charge in [-0.2, -0.15) is 10.2 Å². The molecule has 0 unspecified atom stereocenters. The van der Waals surface area contributed by atoms with Crippen LogP contribution >= 0.6 is 0 Å². The van der Waals surface area contributed by atoms with Crippen LogP contribution in [0.2, 0.25) is 0 Å². The molecule has 5 rings (SSSR count). The quantitative estimate of drug-likeness (QED) is 0.655. The van der Waals surface area contributed by atoms with Crippen LogP contribution in [0.15, 0.2) is 54.7 Å². The Morgan fingerprint density at radius 1 is 1.09 bits per heavy atom. The minimum atomic E-state index is -0.467. The fourth-order valence-corrected chi connectivity index (χ4v) is 4.64. The molecule has 0 bridgehead atoms. The van der Waals surface area contributed by atoms with Crippen molar-refractivity contribution in [3.63, 3.8) is 0 Å². The van der Waals surface area contributed by atoms with Crippen molar-refractivity contribution in [2.75, 3.05) is 0 Å². The van der Waals surface area contributed by atoms with Gasteiger partial charge in [0.05, 0.1) is 23.6 Å². The van der Waals surface area contributed by atoms with E-state index in [9.17, 15) is 9.90 Å². The highest BCUT2D eigenvalue weighted by atomic mass is 16.5. The largest absolute Gasteiger partial charge is 0.487 e. The third-order valence-corrected chi connectivity index (χ3v) is 6.36. The molecule has 2 atom stereocenters. The Hall–Kier alpha value is -3.25. The smallest absolute Gasteiger partial charge is 0.258 e. The molecule has 0 spiro atoms. The minimum Gasteiger partial charge on any atom is -0.487 e. The van der Waals surface area contributed by atoms with Gasteiger partial charge >= 0.3 is 0 Å². The van der Waals surface area contributed by atoms with E-state index < -0.39 is 6.10 Å². The van der Waals surface area contributed by atoms with E-state index in [-0.39, 0.29) is 12.0 Å². The van der Waals surface area contributed by atoms with Crippen molar-refractivity contribution < 1.29 is 14.6 Å². The number of amides is 1. The zero-order valence-corrected chi connectivity index (χ0v) is 18.2. The molecule has 6 nitrogen and oxygen atoms in total. The summed E-state index contributed by atoms with van der Waals surface area (Å²) in [7, 11) is 0. The number of rotatable bonds is 5. The number of carbonyl (C=O) groups excluding carboxylic acids is 1. The summed E-state index contributed by atoms with van der Waals surface area (Å²) in [6.45, 7) is 3.02. The number of nitrogens with zero attached hydrogens (tertiary/aromatic N) is 3. The van der Waals surface area contributed by atoms with Crippen molar-refractivity contribution in [2.45, 2.75) is 57.9 Å². The van der Waals surface area contributed by atoms with E-state index in [1.807, 2.05) is 36.1 Å². The van der Waals surface area contributed by atoms with Gasteiger partial charge in [0, 0.05) is 18.7 Å². The lowest BCUT2D eigenvalue weighted by Gasteiger charge is -2.28. The summed E-state index contributed by atoms with van der Waals surface area (Å²) in [5.41, 5.74) is 5.67. The highest BCUT2D eigenvalue weighted by Gasteiger charge is 2.33. The number of benzene rings is 2. The molecule has 1 amide bonds. The molecule has 6 heteroatoms. The average Bonchev–Trinajstić information content (AvgIpc) is 3.12. The first-order valence-corrected chi connectivity index (χ1v) is 11.2. The van der Waals surface area contributed by atoms with Crippen molar-refractivity contribution in [3.05, 3.63) is 77.1 Å². The average molecular weight is 430 g/mol. The minimum absolute atomic E-state index is 0.0149. The first-order valence-electron chi connectivity index (χ1n) is 11.2. The van der Waals surface area contributed by atoms with Crippen LogP contribution in [-0.2, 0) is 13.1 Å². The van der Waals surface area contributed by atoms with Gasteiger partial charge in [0.25, 0.3) is 5.91 Å². The molecule has 0 radical (unpaired) electrons. The van der Waals surface area contributed by atoms with E-state index in [1.165, 1.54) is 0 Å². The van der Waals surface area contributed by atoms with E-state index in [0.29, 0.717) is 24.4 Å². The molecule has 32 heavy (non-hydrogen) atoms. The van der Waals surface area contributed by atoms with Gasteiger partial charge in [-0.05, 0) is 55.0 Å². The van der Waals surface area contributed by atoms with Crippen LogP contribution in [0.1, 0.15) is 52.9 Å².